The summed E-state index contributed by atoms with van der Waals surface area (Å²) in [5.74, 6) is 0.333. The molecule has 0 radical (unpaired) electrons. The first-order valence-electron chi connectivity index (χ1n) is 6.69. The average Bonchev–Trinajstić information content (AvgIpc) is 2.72. The molecule has 0 saturated carbocycles. The van der Waals surface area contributed by atoms with Crippen molar-refractivity contribution in [1.82, 2.24) is 9.80 Å². The summed E-state index contributed by atoms with van der Waals surface area (Å²) in [4.78, 5) is 26.6. The molecule has 1 aliphatic heterocycles. The molecule has 5 nitrogen and oxygen atoms in total. The fourth-order valence-corrected chi connectivity index (χ4v) is 2.01. The third-order valence-corrected chi connectivity index (χ3v) is 3.48. The number of rotatable bonds is 6. The van der Waals surface area contributed by atoms with Gasteiger partial charge in [0.2, 0.25) is 11.8 Å². The lowest BCUT2D eigenvalue weighted by Gasteiger charge is -2.22. The minimum Gasteiger partial charge on any atom is -0.327 e. The molecule has 0 aromatic heterocycles. The Labute approximate surface area is 109 Å². The van der Waals surface area contributed by atoms with Gasteiger partial charge in [0.1, 0.15) is 0 Å². The lowest BCUT2D eigenvalue weighted by Crippen LogP contribution is -2.41. The van der Waals surface area contributed by atoms with E-state index in [0.29, 0.717) is 25.4 Å². The monoisotopic (exact) mass is 255 g/mol. The Kier molecular flexibility index (Phi) is 5.75. The zero-order chi connectivity index (χ0) is 13.7. The maximum Gasteiger partial charge on any atom is 0.243 e. The van der Waals surface area contributed by atoms with Gasteiger partial charge in [-0.1, -0.05) is 13.8 Å². The van der Waals surface area contributed by atoms with Crippen LogP contribution in [0.3, 0.4) is 0 Å². The summed E-state index contributed by atoms with van der Waals surface area (Å²) in [5, 5.41) is 0. The number of nitrogens with zero attached hydrogens (tertiary/aromatic N) is 2. The molecular formula is C13H25N3O2. The van der Waals surface area contributed by atoms with Crippen LogP contribution >= 0.6 is 0 Å². The zero-order valence-corrected chi connectivity index (χ0v) is 11.7. The van der Waals surface area contributed by atoms with Gasteiger partial charge in [0.05, 0.1) is 6.54 Å². The van der Waals surface area contributed by atoms with Crippen LogP contribution in [0, 0.1) is 5.92 Å². The molecule has 1 saturated heterocycles. The molecule has 0 spiro atoms. The van der Waals surface area contributed by atoms with Gasteiger partial charge in [0.15, 0.2) is 0 Å². The van der Waals surface area contributed by atoms with E-state index in [1.807, 2.05) is 11.9 Å². The number of nitrogens with two attached hydrogens (primary N) is 1. The highest BCUT2D eigenvalue weighted by Gasteiger charge is 2.26. The van der Waals surface area contributed by atoms with Crippen molar-refractivity contribution in [3.8, 4) is 0 Å². The molecule has 2 N–H and O–H groups in total. The Morgan fingerprint density at radius 3 is 2.67 bits per heavy atom. The number of hydrogen-bond donors (Lipinski definition) is 1. The second kappa shape index (κ2) is 6.85. The fourth-order valence-electron chi connectivity index (χ4n) is 2.01. The van der Waals surface area contributed by atoms with Crippen molar-refractivity contribution in [2.45, 2.75) is 39.2 Å². The standard InChI is InChI=1S/C13H25N3O2/c1-10(2)11(14)6-8-15(3)9-13(18)16-7-4-5-12(16)17/h10-11H,4-9,14H2,1-3H3. The smallest absolute Gasteiger partial charge is 0.243 e. The molecule has 5 heteroatoms. The number of hydrogen-bond acceptors (Lipinski definition) is 4. The van der Waals surface area contributed by atoms with E-state index in [-0.39, 0.29) is 17.9 Å². The van der Waals surface area contributed by atoms with Gasteiger partial charge in [-0.2, -0.15) is 0 Å². The first kappa shape index (κ1) is 15.1. The molecule has 1 unspecified atom stereocenters. The van der Waals surface area contributed by atoms with Gasteiger partial charge >= 0.3 is 0 Å². The third-order valence-electron chi connectivity index (χ3n) is 3.48. The van der Waals surface area contributed by atoms with E-state index in [0.717, 1.165) is 19.4 Å². The first-order valence-corrected chi connectivity index (χ1v) is 6.69. The number of amides is 2. The van der Waals surface area contributed by atoms with Gasteiger partial charge in [-0.15, -0.1) is 0 Å². The predicted molar refractivity (Wildman–Crippen MR) is 70.9 cm³/mol. The summed E-state index contributed by atoms with van der Waals surface area (Å²) >= 11 is 0. The number of likely N-dealkylation sites (tertiary alicyclic amines) is 1. The van der Waals surface area contributed by atoms with Crippen molar-refractivity contribution < 1.29 is 9.59 Å². The van der Waals surface area contributed by atoms with E-state index < -0.39 is 0 Å². The van der Waals surface area contributed by atoms with Crippen LogP contribution in [-0.4, -0.2) is 54.3 Å². The first-order chi connectivity index (χ1) is 8.41. The van der Waals surface area contributed by atoms with Crippen molar-refractivity contribution in [3.63, 3.8) is 0 Å². The number of imide groups is 1. The molecule has 2 amide bonds. The number of likely N-dealkylation sites (N-methyl/N-ethyl adjacent to an activating group) is 1. The quantitative estimate of drug-likeness (QED) is 0.748. The van der Waals surface area contributed by atoms with Gasteiger partial charge in [-0.25, -0.2) is 0 Å². The van der Waals surface area contributed by atoms with Crippen LogP contribution < -0.4 is 5.73 Å². The van der Waals surface area contributed by atoms with Crippen LogP contribution in [0.4, 0.5) is 0 Å². The Morgan fingerprint density at radius 2 is 2.17 bits per heavy atom. The van der Waals surface area contributed by atoms with E-state index in [1.165, 1.54) is 4.90 Å². The van der Waals surface area contributed by atoms with Crippen molar-refractivity contribution >= 4 is 11.8 Å². The Morgan fingerprint density at radius 1 is 1.50 bits per heavy atom. The van der Waals surface area contributed by atoms with Crippen molar-refractivity contribution in [2.24, 2.45) is 11.7 Å². The van der Waals surface area contributed by atoms with E-state index in [9.17, 15) is 9.59 Å². The number of carbonyl (C=O) groups is 2. The molecule has 1 aliphatic rings. The largest absolute Gasteiger partial charge is 0.327 e. The molecule has 1 atom stereocenters. The van der Waals surface area contributed by atoms with Crippen LogP contribution in [0.15, 0.2) is 0 Å². The average molecular weight is 255 g/mol. The summed E-state index contributed by atoms with van der Waals surface area (Å²) in [6.07, 6.45) is 2.18. The highest BCUT2D eigenvalue weighted by atomic mass is 16.2. The normalized spacial score (nSPS) is 17.9. The van der Waals surface area contributed by atoms with Gasteiger partial charge < -0.3 is 5.73 Å². The van der Waals surface area contributed by atoms with Crippen LogP contribution in [0.1, 0.15) is 33.1 Å². The molecule has 1 fully saturated rings. The summed E-state index contributed by atoms with van der Waals surface area (Å²) in [6.45, 7) is 5.86. The minimum absolute atomic E-state index is 0.0349. The lowest BCUT2D eigenvalue weighted by atomic mass is 10.0. The molecule has 1 rings (SSSR count). The van der Waals surface area contributed by atoms with Crippen molar-refractivity contribution in [2.75, 3.05) is 26.7 Å². The predicted octanol–water partition coefficient (Wildman–Crippen LogP) is 0.441. The van der Waals surface area contributed by atoms with Gasteiger partial charge in [-0.3, -0.25) is 19.4 Å². The van der Waals surface area contributed by atoms with Crippen molar-refractivity contribution in [3.05, 3.63) is 0 Å². The third kappa shape index (κ3) is 4.38. The fraction of sp³-hybridized carbons (Fsp3) is 0.846. The molecule has 0 aromatic carbocycles. The lowest BCUT2D eigenvalue weighted by molar-refractivity contribution is -0.142. The molecule has 0 aliphatic carbocycles. The molecule has 0 bridgehead atoms. The minimum atomic E-state index is -0.0851. The van der Waals surface area contributed by atoms with Gasteiger partial charge in [-0.05, 0) is 32.4 Å². The second-order valence-corrected chi connectivity index (χ2v) is 5.48. The Bertz CT molecular complexity index is 305. The molecule has 0 aromatic rings. The highest BCUT2D eigenvalue weighted by Crippen LogP contribution is 2.10. The van der Waals surface area contributed by atoms with E-state index in [1.54, 1.807) is 0 Å². The SMILES string of the molecule is CC(C)C(N)CCN(C)CC(=O)N1CCCC1=O. The molecule has 104 valence electrons. The van der Waals surface area contributed by atoms with Crippen molar-refractivity contribution in [1.29, 1.82) is 0 Å². The molecular weight excluding hydrogens is 230 g/mol. The molecule has 18 heavy (non-hydrogen) atoms. The maximum absolute atomic E-state index is 11.9. The Hall–Kier alpha value is -0.940. The Balaban J connectivity index is 2.29. The molecule has 1 heterocycles. The van der Waals surface area contributed by atoms with Crippen LogP contribution in [0.5, 0.6) is 0 Å². The van der Waals surface area contributed by atoms with Gasteiger partial charge in [0, 0.05) is 19.0 Å². The van der Waals surface area contributed by atoms with E-state index in [4.69, 9.17) is 5.73 Å². The summed E-state index contributed by atoms with van der Waals surface area (Å²) < 4.78 is 0. The van der Waals surface area contributed by atoms with Gasteiger partial charge in [0.25, 0.3) is 0 Å². The zero-order valence-electron chi connectivity index (χ0n) is 11.7. The number of carbonyl (C=O) groups excluding carboxylic acids is 2. The van der Waals surface area contributed by atoms with Crippen LogP contribution in [-0.2, 0) is 9.59 Å². The van der Waals surface area contributed by atoms with E-state index in [2.05, 4.69) is 13.8 Å². The van der Waals surface area contributed by atoms with Crippen LogP contribution in [0.2, 0.25) is 0 Å². The van der Waals surface area contributed by atoms with Crippen LogP contribution in [0.25, 0.3) is 0 Å². The summed E-state index contributed by atoms with van der Waals surface area (Å²) in [7, 11) is 1.89. The highest BCUT2D eigenvalue weighted by molar-refractivity contribution is 5.97. The maximum atomic E-state index is 11.9. The summed E-state index contributed by atoms with van der Waals surface area (Å²) in [6, 6.07) is 0.163. The topological polar surface area (TPSA) is 66.6 Å². The second-order valence-electron chi connectivity index (χ2n) is 5.48. The summed E-state index contributed by atoms with van der Waals surface area (Å²) in [5.41, 5.74) is 5.96. The van der Waals surface area contributed by atoms with E-state index >= 15 is 0 Å².